The van der Waals surface area contributed by atoms with E-state index >= 15 is 0 Å². The van der Waals surface area contributed by atoms with Gasteiger partial charge in [0.2, 0.25) is 5.71 Å². The van der Waals surface area contributed by atoms with Crippen LogP contribution in [0.3, 0.4) is 0 Å². The Hall–Kier alpha value is -3.48. The van der Waals surface area contributed by atoms with Gasteiger partial charge in [0.1, 0.15) is 17.1 Å². The van der Waals surface area contributed by atoms with Crippen LogP contribution in [0.1, 0.15) is 11.1 Å². The second-order valence-corrected chi connectivity index (χ2v) is 6.59. The molecule has 2 aromatic carbocycles. The number of hydrazone groups is 1. The van der Waals surface area contributed by atoms with Crippen LogP contribution >= 0.6 is 11.3 Å². The Labute approximate surface area is 155 Å². The number of anilines is 1. The zero-order valence-corrected chi connectivity index (χ0v) is 15.1. The van der Waals surface area contributed by atoms with Gasteiger partial charge in [-0.15, -0.1) is 11.3 Å². The van der Waals surface area contributed by atoms with Crippen LogP contribution in [0, 0.1) is 36.5 Å². The zero-order chi connectivity index (χ0) is 18.5. The summed E-state index contributed by atoms with van der Waals surface area (Å²) >= 11 is 1.57. The molecule has 0 aliphatic heterocycles. The summed E-state index contributed by atoms with van der Waals surface area (Å²) in [6, 6.07) is 17.3. The molecule has 0 saturated heterocycles. The molecule has 3 aromatic rings. The van der Waals surface area contributed by atoms with Crippen LogP contribution < -0.4 is 5.43 Å². The third-order valence-corrected chi connectivity index (χ3v) is 4.68. The number of thiazole rings is 1. The monoisotopic (exact) mass is 357 g/mol. The Morgan fingerprint density at radius 1 is 1.12 bits per heavy atom. The number of benzene rings is 2. The van der Waals surface area contributed by atoms with Gasteiger partial charge in [0, 0.05) is 16.5 Å². The van der Waals surface area contributed by atoms with E-state index in [-0.39, 0.29) is 5.71 Å². The van der Waals surface area contributed by atoms with Gasteiger partial charge < -0.3 is 0 Å². The van der Waals surface area contributed by atoms with Crippen LogP contribution in [0.5, 0.6) is 0 Å². The van der Waals surface area contributed by atoms with Gasteiger partial charge in [0.15, 0.2) is 0 Å². The first-order chi connectivity index (χ1) is 12.6. The predicted octanol–water partition coefficient (Wildman–Crippen LogP) is 4.91. The maximum absolute atomic E-state index is 8.74. The number of aromatic nitrogens is 1. The first-order valence-electron chi connectivity index (χ1n) is 7.88. The first kappa shape index (κ1) is 17.3. The molecule has 0 aliphatic rings. The van der Waals surface area contributed by atoms with Gasteiger partial charge in [0.25, 0.3) is 0 Å². The quantitative estimate of drug-likeness (QED) is 0.531. The molecule has 126 valence electrons. The fraction of sp³-hybridized carbons (Fsp3) is 0.100. The maximum atomic E-state index is 8.74. The fourth-order valence-corrected chi connectivity index (χ4v) is 3.28. The van der Waals surface area contributed by atoms with Crippen LogP contribution in [0.4, 0.5) is 5.69 Å². The lowest BCUT2D eigenvalue weighted by molar-refractivity contribution is 1.32. The molecule has 1 aromatic heterocycles. The van der Waals surface area contributed by atoms with Gasteiger partial charge in [-0.25, -0.2) is 4.98 Å². The minimum absolute atomic E-state index is 0.220. The molecule has 1 heterocycles. The molecule has 0 radical (unpaired) electrons. The molecular weight excluding hydrogens is 342 g/mol. The molecule has 0 unspecified atom stereocenters. The van der Waals surface area contributed by atoms with E-state index in [0.29, 0.717) is 5.69 Å². The van der Waals surface area contributed by atoms with Crippen LogP contribution in [-0.2, 0) is 0 Å². The van der Waals surface area contributed by atoms with Crippen molar-refractivity contribution in [2.75, 3.05) is 5.43 Å². The van der Waals surface area contributed by atoms with E-state index in [9.17, 15) is 0 Å². The van der Waals surface area contributed by atoms with Crippen molar-refractivity contribution in [1.82, 2.24) is 4.98 Å². The van der Waals surface area contributed by atoms with Crippen molar-refractivity contribution in [3.63, 3.8) is 0 Å². The highest BCUT2D eigenvalue weighted by Gasteiger charge is 2.09. The molecule has 26 heavy (non-hydrogen) atoms. The van der Waals surface area contributed by atoms with Crippen LogP contribution in [0.15, 0.2) is 52.9 Å². The Morgan fingerprint density at radius 3 is 2.69 bits per heavy atom. The van der Waals surface area contributed by atoms with Crippen molar-refractivity contribution < 1.29 is 0 Å². The highest BCUT2D eigenvalue weighted by Crippen LogP contribution is 2.31. The molecule has 0 saturated carbocycles. The lowest BCUT2D eigenvalue weighted by Gasteiger charge is -2.04. The molecule has 0 aliphatic carbocycles. The number of nitrogens with one attached hydrogen (secondary N) is 1. The number of nitrogens with zero attached hydrogens (tertiary/aromatic N) is 4. The van der Waals surface area contributed by atoms with E-state index in [1.54, 1.807) is 23.5 Å². The van der Waals surface area contributed by atoms with Gasteiger partial charge in [-0.3, -0.25) is 5.43 Å². The summed E-state index contributed by atoms with van der Waals surface area (Å²) in [6.45, 7) is 4.15. The van der Waals surface area contributed by atoms with Gasteiger partial charge in [0.05, 0.1) is 11.4 Å². The van der Waals surface area contributed by atoms with Crippen LogP contribution in [0.25, 0.3) is 21.8 Å². The predicted molar refractivity (Wildman–Crippen MR) is 105 cm³/mol. The summed E-state index contributed by atoms with van der Waals surface area (Å²) in [5.74, 6) is 0. The average Bonchev–Trinajstić information content (AvgIpc) is 3.15. The second kappa shape index (κ2) is 7.60. The van der Waals surface area contributed by atoms with Gasteiger partial charge in [-0.1, -0.05) is 29.8 Å². The summed E-state index contributed by atoms with van der Waals surface area (Å²) in [4.78, 5) is 4.77. The molecule has 0 spiro atoms. The van der Waals surface area contributed by atoms with Crippen molar-refractivity contribution in [2.45, 2.75) is 13.8 Å². The first-order valence-corrected chi connectivity index (χ1v) is 8.76. The standard InChI is InChI=1S/C20H15N5S/c1-13-6-7-14(2)18(8-13)19-12-26-20(23-19)15-4-3-5-16(9-15)24-25-17(10-21)11-22/h3-9,12,24H,1-2H3. The second-order valence-electron chi connectivity index (χ2n) is 5.73. The van der Waals surface area contributed by atoms with Crippen molar-refractivity contribution in [3.05, 3.63) is 59.0 Å². The highest BCUT2D eigenvalue weighted by molar-refractivity contribution is 7.13. The number of nitriles is 2. The maximum Gasteiger partial charge on any atom is 0.237 e. The summed E-state index contributed by atoms with van der Waals surface area (Å²) in [6.07, 6.45) is 0. The number of aryl methyl sites for hydroxylation is 2. The van der Waals surface area contributed by atoms with Crippen molar-refractivity contribution >= 4 is 22.7 Å². The Kier molecular flexibility index (Phi) is 5.07. The highest BCUT2D eigenvalue weighted by atomic mass is 32.1. The molecule has 5 nitrogen and oxygen atoms in total. The normalized spacial score (nSPS) is 9.85. The van der Waals surface area contributed by atoms with Gasteiger partial charge in [-0.2, -0.15) is 15.6 Å². The van der Waals surface area contributed by atoms with E-state index in [1.807, 2.05) is 24.3 Å². The Bertz CT molecular complexity index is 1050. The molecule has 0 fully saturated rings. The van der Waals surface area contributed by atoms with E-state index < -0.39 is 0 Å². The summed E-state index contributed by atoms with van der Waals surface area (Å²) in [5.41, 5.74) is 8.64. The summed E-state index contributed by atoms with van der Waals surface area (Å²) in [7, 11) is 0. The van der Waals surface area contributed by atoms with E-state index in [0.717, 1.165) is 21.8 Å². The number of hydrogen-bond donors (Lipinski definition) is 1. The smallest absolute Gasteiger partial charge is 0.237 e. The molecule has 0 amide bonds. The third-order valence-electron chi connectivity index (χ3n) is 3.79. The molecular formula is C20H15N5S. The fourth-order valence-electron chi connectivity index (χ4n) is 2.46. The Balaban J connectivity index is 1.90. The topological polar surface area (TPSA) is 84.9 Å². The number of rotatable bonds is 4. The van der Waals surface area contributed by atoms with Crippen molar-refractivity contribution in [3.8, 4) is 34.0 Å². The van der Waals surface area contributed by atoms with E-state index in [4.69, 9.17) is 15.5 Å². The molecule has 3 rings (SSSR count). The lowest BCUT2D eigenvalue weighted by Crippen LogP contribution is -1.96. The molecule has 0 atom stereocenters. The van der Waals surface area contributed by atoms with Gasteiger partial charge >= 0.3 is 0 Å². The van der Waals surface area contributed by atoms with Crippen LogP contribution in [0.2, 0.25) is 0 Å². The van der Waals surface area contributed by atoms with Crippen molar-refractivity contribution in [2.24, 2.45) is 5.10 Å². The Morgan fingerprint density at radius 2 is 1.92 bits per heavy atom. The summed E-state index contributed by atoms with van der Waals surface area (Å²) < 4.78 is 0. The molecule has 1 N–H and O–H groups in total. The summed E-state index contributed by atoms with van der Waals surface area (Å²) in [5, 5.41) is 24.2. The largest absolute Gasteiger partial charge is 0.276 e. The van der Waals surface area contributed by atoms with E-state index in [2.05, 4.69) is 48.0 Å². The average molecular weight is 357 g/mol. The van der Waals surface area contributed by atoms with Gasteiger partial charge in [-0.05, 0) is 37.6 Å². The minimum atomic E-state index is -0.220. The number of hydrogen-bond acceptors (Lipinski definition) is 6. The third kappa shape index (κ3) is 3.77. The van der Waals surface area contributed by atoms with Crippen LogP contribution in [-0.4, -0.2) is 10.7 Å². The zero-order valence-electron chi connectivity index (χ0n) is 14.3. The molecule has 6 heteroatoms. The minimum Gasteiger partial charge on any atom is -0.276 e. The van der Waals surface area contributed by atoms with E-state index in [1.165, 1.54) is 11.1 Å². The van der Waals surface area contributed by atoms with Crippen molar-refractivity contribution in [1.29, 1.82) is 10.5 Å². The SMILES string of the molecule is Cc1ccc(C)c(-c2csc(-c3cccc(NN=C(C#N)C#N)c3)n2)c1. The lowest BCUT2D eigenvalue weighted by atomic mass is 10.0. The molecule has 0 bridgehead atoms.